The summed E-state index contributed by atoms with van der Waals surface area (Å²) in [5.74, 6) is 0.539. The van der Waals surface area contributed by atoms with E-state index in [9.17, 15) is 17.6 Å². The minimum Gasteiger partial charge on any atom is -0.337 e. The van der Waals surface area contributed by atoms with Crippen molar-refractivity contribution in [1.29, 1.82) is 0 Å². The van der Waals surface area contributed by atoms with E-state index in [1.54, 1.807) is 16.7 Å². The fraction of sp³-hybridized carbons (Fsp3) is 0.562. The molecule has 0 radical (unpaired) electrons. The van der Waals surface area contributed by atoms with Crippen LogP contribution in [0.1, 0.15) is 29.6 Å². The van der Waals surface area contributed by atoms with Crippen molar-refractivity contribution in [3.63, 3.8) is 0 Å². The summed E-state index contributed by atoms with van der Waals surface area (Å²) in [6.07, 6.45) is 2.68. The molecule has 0 atom stereocenters. The highest BCUT2D eigenvalue weighted by Crippen LogP contribution is 2.24. The number of amides is 1. The Bertz CT molecular complexity index is 712. The van der Waals surface area contributed by atoms with Gasteiger partial charge in [-0.15, -0.1) is 0 Å². The maximum Gasteiger partial charge on any atom is 0.256 e. The molecule has 0 saturated carbocycles. The SMILES string of the molecule is O=C(c1cc(S(=O)(=O)N2CCCCC2)ccc1F)N1CCSCC1. The molecule has 0 bridgehead atoms. The number of halogens is 1. The van der Waals surface area contributed by atoms with Gasteiger partial charge in [0.2, 0.25) is 10.0 Å². The summed E-state index contributed by atoms with van der Waals surface area (Å²) in [6.45, 7) is 2.08. The monoisotopic (exact) mass is 372 g/mol. The van der Waals surface area contributed by atoms with Crippen molar-refractivity contribution < 1.29 is 17.6 Å². The molecule has 0 N–H and O–H groups in total. The van der Waals surface area contributed by atoms with Gasteiger partial charge in [0.05, 0.1) is 10.5 Å². The summed E-state index contributed by atoms with van der Waals surface area (Å²) >= 11 is 1.75. The Kier molecular flexibility index (Phi) is 5.46. The smallest absolute Gasteiger partial charge is 0.256 e. The summed E-state index contributed by atoms with van der Waals surface area (Å²) < 4.78 is 41.0. The maximum atomic E-state index is 14.1. The molecular formula is C16H21FN2O3S2. The third-order valence-electron chi connectivity index (χ3n) is 4.42. The highest BCUT2D eigenvalue weighted by Gasteiger charge is 2.28. The molecule has 132 valence electrons. The van der Waals surface area contributed by atoms with Crippen molar-refractivity contribution in [2.45, 2.75) is 24.2 Å². The quantitative estimate of drug-likeness (QED) is 0.816. The molecule has 2 aliphatic rings. The number of rotatable bonds is 3. The van der Waals surface area contributed by atoms with E-state index in [4.69, 9.17) is 0 Å². The van der Waals surface area contributed by atoms with Gasteiger partial charge < -0.3 is 4.90 Å². The van der Waals surface area contributed by atoms with Crippen LogP contribution in [-0.2, 0) is 10.0 Å². The Morgan fingerprint density at radius 1 is 1.04 bits per heavy atom. The first kappa shape index (κ1) is 17.7. The molecule has 1 aromatic rings. The third kappa shape index (κ3) is 3.60. The molecule has 24 heavy (non-hydrogen) atoms. The molecule has 0 aliphatic carbocycles. The molecule has 0 spiro atoms. The van der Waals surface area contributed by atoms with E-state index in [-0.39, 0.29) is 10.5 Å². The molecule has 1 aromatic carbocycles. The van der Waals surface area contributed by atoms with Gasteiger partial charge in [-0.2, -0.15) is 16.1 Å². The molecule has 1 amide bonds. The molecule has 2 fully saturated rings. The van der Waals surface area contributed by atoms with Gasteiger partial charge in [0.15, 0.2) is 0 Å². The summed E-state index contributed by atoms with van der Waals surface area (Å²) in [7, 11) is -3.67. The molecule has 2 saturated heterocycles. The number of benzene rings is 1. The third-order valence-corrected chi connectivity index (χ3v) is 7.26. The standard InChI is InChI=1S/C16H21FN2O3S2/c17-15-5-4-13(24(21,22)19-6-2-1-3-7-19)12-14(15)16(20)18-8-10-23-11-9-18/h4-5,12H,1-3,6-11H2. The van der Waals surface area contributed by atoms with Crippen LogP contribution in [-0.4, -0.2) is 61.2 Å². The molecule has 2 heterocycles. The lowest BCUT2D eigenvalue weighted by atomic mass is 10.2. The van der Waals surface area contributed by atoms with Crippen LogP contribution in [0.25, 0.3) is 0 Å². The van der Waals surface area contributed by atoms with E-state index >= 15 is 0 Å². The van der Waals surface area contributed by atoms with Crippen molar-refractivity contribution in [3.8, 4) is 0 Å². The Morgan fingerprint density at radius 3 is 2.38 bits per heavy atom. The predicted molar refractivity (Wildman–Crippen MR) is 92.2 cm³/mol. The van der Waals surface area contributed by atoms with Crippen LogP contribution in [0.2, 0.25) is 0 Å². The number of sulfonamides is 1. The van der Waals surface area contributed by atoms with Gasteiger partial charge in [0.25, 0.3) is 5.91 Å². The summed E-state index contributed by atoms with van der Waals surface area (Å²) in [5.41, 5.74) is -0.153. The largest absolute Gasteiger partial charge is 0.337 e. The van der Waals surface area contributed by atoms with Gasteiger partial charge in [0, 0.05) is 37.7 Å². The van der Waals surface area contributed by atoms with Crippen LogP contribution < -0.4 is 0 Å². The number of nitrogens with zero attached hydrogens (tertiary/aromatic N) is 2. The van der Waals surface area contributed by atoms with E-state index < -0.39 is 21.7 Å². The Balaban J connectivity index is 1.89. The fourth-order valence-corrected chi connectivity index (χ4v) is 5.47. The van der Waals surface area contributed by atoms with Gasteiger partial charge in [-0.1, -0.05) is 6.42 Å². The lowest BCUT2D eigenvalue weighted by Crippen LogP contribution is -2.38. The number of hydrogen-bond acceptors (Lipinski definition) is 4. The van der Waals surface area contributed by atoms with Crippen molar-refractivity contribution in [2.24, 2.45) is 0 Å². The normalized spacial score (nSPS) is 20.1. The summed E-state index contributed by atoms with van der Waals surface area (Å²) in [6, 6.07) is 3.54. The number of piperidine rings is 1. The highest BCUT2D eigenvalue weighted by molar-refractivity contribution is 7.99. The van der Waals surface area contributed by atoms with Gasteiger partial charge in [-0.25, -0.2) is 12.8 Å². The number of carbonyl (C=O) groups excluding carboxylic acids is 1. The summed E-state index contributed by atoms with van der Waals surface area (Å²) in [5, 5.41) is 0. The van der Waals surface area contributed by atoms with E-state index in [2.05, 4.69) is 0 Å². The second-order valence-corrected chi connectivity index (χ2v) is 9.17. The van der Waals surface area contributed by atoms with Crippen LogP contribution in [0.15, 0.2) is 23.1 Å². The molecule has 5 nitrogen and oxygen atoms in total. The zero-order chi connectivity index (χ0) is 17.2. The van der Waals surface area contributed by atoms with Crippen LogP contribution in [0.4, 0.5) is 4.39 Å². The molecular weight excluding hydrogens is 351 g/mol. The maximum absolute atomic E-state index is 14.1. The molecule has 2 aliphatic heterocycles. The molecule has 0 unspecified atom stereocenters. The average Bonchev–Trinajstić information content (AvgIpc) is 2.63. The topological polar surface area (TPSA) is 57.7 Å². The lowest BCUT2D eigenvalue weighted by Gasteiger charge is -2.28. The van der Waals surface area contributed by atoms with Gasteiger partial charge in [-0.05, 0) is 31.0 Å². The van der Waals surface area contributed by atoms with Gasteiger partial charge >= 0.3 is 0 Å². The first-order valence-electron chi connectivity index (χ1n) is 8.17. The number of thioether (sulfide) groups is 1. The second-order valence-electron chi connectivity index (χ2n) is 6.01. The number of hydrogen-bond donors (Lipinski definition) is 0. The van der Waals surface area contributed by atoms with Gasteiger partial charge in [0.1, 0.15) is 5.82 Å². The Labute approximate surface area is 146 Å². The first-order chi connectivity index (χ1) is 11.5. The lowest BCUT2D eigenvalue weighted by molar-refractivity contribution is 0.0767. The minimum atomic E-state index is -3.67. The molecule has 3 rings (SSSR count). The Morgan fingerprint density at radius 2 is 1.71 bits per heavy atom. The van der Waals surface area contributed by atoms with Crippen molar-refractivity contribution >= 4 is 27.7 Å². The first-order valence-corrected chi connectivity index (χ1v) is 10.8. The summed E-state index contributed by atoms with van der Waals surface area (Å²) in [4.78, 5) is 14.1. The Hall–Kier alpha value is -1.12. The van der Waals surface area contributed by atoms with Crippen molar-refractivity contribution in [1.82, 2.24) is 9.21 Å². The van der Waals surface area contributed by atoms with Crippen molar-refractivity contribution in [2.75, 3.05) is 37.7 Å². The van der Waals surface area contributed by atoms with E-state index in [1.165, 1.54) is 16.4 Å². The second kappa shape index (κ2) is 7.41. The van der Waals surface area contributed by atoms with E-state index in [0.29, 0.717) is 26.2 Å². The van der Waals surface area contributed by atoms with E-state index in [1.807, 2.05) is 0 Å². The van der Waals surface area contributed by atoms with E-state index in [0.717, 1.165) is 36.8 Å². The average molecular weight is 372 g/mol. The van der Waals surface area contributed by atoms with Crippen LogP contribution in [0, 0.1) is 5.82 Å². The zero-order valence-electron chi connectivity index (χ0n) is 13.4. The van der Waals surface area contributed by atoms with Crippen LogP contribution >= 0.6 is 11.8 Å². The van der Waals surface area contributed by atoms with Gasteiger partial charge in [-0.3, -0.25) is 4.79 Å². The minimum absolute atomic E-state index is 0.000495. The fourth-order valence-electron chi connectivity index (χ4n) is 3.02. The number of carbonyl (C=O) groups is 1. The van der Waals surface area contributed by atoms with Crippen molar-refractivity contribution in [3.05, 3.63) is 29.6 Å². The highest BCUT2D eigenvalue weighted by atomic mass is 32.2. The zero-order valence-corrected chi connectivity index (χ0v) is 15.0. The predicted octanol–water partition coefficient (Wildman–Crippen LogP) is 2.19. The molecule has 8 heteroatoms. The van der Waals surface area contributed by atoms with Crippen LogP contribution in [0.3, 0.4) is 0 Å². The molecule has 0 aromatic heterocycles. The van der Waals surface area contributed by atoms with Crippen LogP contribution in [0.5, 0.6) is 0 Å².